The standard InChI is InChI=1S/C18H29N2O6P/c1-14-7-2-3-8-15(14)13-17(21)20-11-6-12-27(24,25)26-16(18(22)23)9-4-5-10-19/h2-3,7-8,16H,4-6,9-13,19H2,1H3,(H,20,21)(H,22,23)(H,24,25)/t16-/m0/s1. The van der Waals surface area contributed by atoms with Crippen LogP contribution in [0.3, 0.4) is 0 Å². The molecule has 0 spiro atoms. The van der Waals surface area contributed by atoms with Crippen LogP contribution in [0, 0.1) is 6.92 Å². The van der Waals surface area contributed by atoms with E-state index in [2.05, 4.69) is 5.32 Å². The molecule has 1 unspecified atom stereocenters. The number of carboxylic acids is 1. The van der Waals surface area contributed by atoms with Crippen molar-refractivity contribution in [3.8, 4) is 0 Å². The summed E-state index contributed by atoms with van der Waals surface area (Å²) in [6.45, 7) is 2.56. The molecule has 0 aliphatic rings. The molecule has 5 N–H and O–H groups in total. The van der Waals surface area contributed by atoms with Crippen LogP contribution in [0.1, 0.15) is 36.8 Å². The number of carboxylic acid groups (broad SMARTS) is 1. The Kier molecular flexibility index (Phi) is 10.3. The number of carbonyl (C=O) groups is 2. The molecule has 1 rings (SSSR count). The van der Waals surface area contributed by atoms with Crippen LogP contribution in [0.15, 0.2) is 24.3 Å². The molecule has 0 bridgehead atoms. The lowest BCUT2D eigenvalue weighted by Gasteiger charge is -2.18. The summed E-state index contributed by atoms with van der Waals surface area (Å²) in [7, 11) is -4.05. The summed E-state index contributed by atoms with van der Waals surface area (Å²) in [4.78, 5) is 32.9. The number of benzene rings is 1. The monoisotopic (exact) mass is 400 g/mol. The zero-order chi connectivity index (χ0) is 20.3. The molecule has 1 aromatic carbocycles. The van der Waals surface area contributed by atoms with Gasteiger partial charge in [0, 0.05) is 6.54 Å². The maximum Gasteiger partial charge on any atom is 0.333 e. The van der Waals surface area contributed by atoms with Crippen LogP contribution in [0.2, 0.25) is 0 Å². The molecule has 0 heterocycles. The van der Waals surface area contributed by atoms with Gasteiger partial charge in [-0.25, -0.2) is 4.79 Å². The molecule has 1 amide bonds. The van der Waals surface area contributed by atoms with Crippen LogP contribution < -0.4 is 11.1 Å². The summed E-state index contributed by atoms with van der Waals surface area (Å²) in [5.41, 5.74) is 7.30. The van der Waals surface area contributed by atoms with E-state index < -0.39 is 19.7 Å². The number of hydrogen-bond acceptors (Lipinski definition) is 5. The molecular weight excluding hydrogens is 371 g/mol. The average Bonchev–Trinajstić information content (AvgIpc) is 2.60. The first-order valence-corrected chi connectivity index (χ1v) is 10.8. The normalized spacial score (nSPS) is 14.3. The number of nitrogens with two attached hydrogens (primary N) is 1. The molecule has 0 radical (unpaired) electrons. The van der Waals surface area contributed by atoms with Crippen LogP contribution in [-0.2, 0) is 25.1 Å². The van der Waals surface area contributed by atoms with Gasteiger partial charge in [-0.15, -0.1) is 0 Å². The zero-order valence-corrected chi connectivity index (χ0v) is 16.5. The van der Waals surface area contributed by atoms with Crippen LogP contribution in [-0.4, -0.2) is 47.2 Å². The molecule has 0 aliphatic heterocycles. The summed E-state index contributed by atoms with van der Waals surface area (Å²) in [6, 6.07) is 7.56. The van der Waals surface area contributed by atoms with Crippen LogP contribution in [0.25, 0.3) is 0 Å². The highest BCUT2D eigenvalue weighted by Gasteiger charge is 2.28. The van der Waals surface area contributed by atoms with Gasteiger partial charge in [0.05, 0.1) is 12.6 Å². The number of carbonyl (C=O) groups excluding carboxylic acids is 1. The van der Waals surface area contributed by atoms with E-state index in [0.29, 0.717) is 19.4 Å². The summed E-state index contributed by atoms with van der Waals surface area (Å²) >= 11 is 0. The quantitative estimate of drug-likeness (QED) is 0.293. The lowest BCUT2D eigenvalue weighted by atomic mass is 10.1. The van der Waals surface area contributed by atoms with Crippen molar-refractivity contribution in [1.29, 1.82) is 0 Å². The molecule has 0 saturated heterocycles. The smallest absolute Gasteiger partial charge is 0.333 e. The number of rotatable bonds is 13. The minimum Gasteiger partial charge on any atom is -0.479 e. The predicted molar refractivity (Wildman–Crippen MR) is 103 cm³/mol. The molecular formula is C18H29N2O6P. The number of amides is 1. The molecule has 152 valence electrons. The molecule has 1 aromatic rings. The molecule has 0 saturated carbocycles. The Labute approximate surface area is 159 Å². The van der Waals surface area contributed by atoms with Gasteiger partial charge in [0.1, 0.15) is 0 Å². The summed E-state index contributed by atoms with van der Waals surface area (Å²) < 4.78 is 17.0. The van der Waals surface area contributed by atoms with E-state index in [9.17, 15) is 19.0 Å². The van der Waals surface area contributed by atoms with Crippen molar-refractivity contribution < 1.29 is 28.7 Å². The van der Waals surface area contributed by atoms with Crippen LogP contribution in [0.4, 0.5) is 0 Å². The van der Waals surface area contributed by atoms with E-state index >= 15 is 0 Å². The minimum absolute atomic E-state index is 0.129. The number of hydrogen-bond donors (Lipinski definition) is 4. The second kappa shape index (κ2) is 11.9. The molecule has 0 fully saturated rings. The third-order valence-electron chi connectivity index (χ3n) is 4.04. The van der Waals surface area contributed by atoms with E-state index in [1.165, 1.54) is 0 Å². The fraction of sp³-hybridized carbons (Fsp3) is 0.556. The summed E-state index contributed by atoms with van der Waals surface area (Å²) in [5, 5.41) is 11.8. The minimum atomic E-state index is -4.05. The lowest BCUT2D eigenvalue weighted by molar-refractivity contribution is -0.145. The largest absolute Gasteiger partial charge is 0.479 e. The number of aliphatic carboxylic acids is 1. The second-order valence-electron chi connectivity index (χ2n) is 6.38. The Bertz CT molecular complexity index is 667. The maximum absolute atomic E-state index is 12.1. The maximum atomic E-state index is 12.1. The van der Waals surface area contributed by atoms with Gasteiger partial charge >= 0.3 is 13.6 Å². The molecule has 27 heavy (non-hydrogen) atoms. The highest BCUT2D eigenvalue weighted by molar-refractivity contribution is 7.52. The Hall–Kier alpha value is -1.73. The Balaban J connectivity index is 2.36. The van der Waals surface area contributed by atoms with Gasteiger partial charge in [-0.05, 0) is 50.3 Å². The first-order valence-electron chi connectivity index (χ1n) is 8.99. The third kappa shape index (κ3) is 9.68. The van der Waals surface area contributed by atoms with Gasteiger partial charge in [-0.1, -0.05) is 24.3 Å². The molecule has 2 atom stereocenters. The summed E-state index contributed by atoms with van der Waals surface area (Å²) in [5.74, 6) is -1.45. The van der Waals surface area contributed by atoms with Crippen molar-refractivity contribution in [3.05, 3.63) is 35.4 Å². The van der Waals surface area contributed by atoms with Crippen molar-refractivity contribution in [1.82, 2.24) is 5.32 Å². The van der Waals surface area contributed by atoms with Crippen molar-refractivity contribution in [2.45, 2.75) is 45.1 Å². The van der Waals surface area contributed by atoms with Gasteiger partial charge in [-0.2, -0.15) is 0 Å². The average molecular weight is 400 g/mol. The predicted octanol–water partition coefficient (Wildman–Crippen LogP) is 1.83. The molecule has 8 nitrogen and oxygen atoms in total. The Morgan fingerprint density at radius 3 is 2.59 bits per heavy atom. The number of nitrogens with one attached hydrogen (secondary N) is 1. The van der Waals surface area contributed by atoms with Crippen molar-refractivity contribution in [3.63, 3.8) is 0 Å². The molecule has 0 aromatic heterocycles. The SMILES string of the molecule is Cc1ccccc1CC(=O)NCCCP(=O)(O)O[C@@H](CCCCN)C(=O)O. The van der Waals surface area contributed by atoms with Crippen LogP contribution >= 0.6 is 7.60 Å². The van der Waals surface area contributed by atoms with Crippen molar-refractivity contribution in [2.75, 3.05) is 19.3 Å². The highest BCUT2D eigenvalue weighted by Crippen LogP contribution is 2.44. The van der Waals surface area contributed by atoms with Gasteiger partial charge in [0.2, 0.25) is 5.91 Å². The van der Waals surface area contributed by atoms with Gasteiger partial charge < -0.3 is 21.1 Å². The van der Waals surface area contributed by atoms with Crippen LogP contribution in [0.5, 0.6) is 0 Å². The summed E-state index contributed by atoms with van der Waals surface area (Å²) in [6.07, 6.45) is 0.147. The number of aryl methyl sites for hydroxylation is 1. The Morgan fingerprint density at radius 1 is 1.26 bits per heavy atom. The molecule has 9 heteroatoms. The first kappa shape index (κ1) is 23.3. The highest BCUT2D eigenvalue weighted by atomic mass is 31.2. The van der Waals surface area contributed by atoms with E-state index in [-0.39, 0.29) is 37.9 Å². The topological polar surface area (TPSA) is 139 Å². The zero-order valence-electron chi connectivity index (χ0n) is 15.6. The van der Waals surface area contributed by atoms with E-state index in [1.807, 2.05) is 31.2 Å². The second-order valence-corrected chi connectivity index (χ2v) is 8.32. The lowest BCUT2D eigenvalue weighted by Crippen LogP contribution is -2.27. The Morgan fingerprint density at radius 2 is 1.96 bits per heavy atom. The first-order chi connectivity index (χ1) is 12.7. The fourth-order valence-corrected chi connectivity index (χ4v) is 3.75. The van der Waals surface area contributed by atoms with Gasteiger partial charge in [0.15, 0.2) is 6.10 Å². The van der Waals surface area contributed by atoms with Gasteiger partial charge in [-0.3, -0.25) is 13.9 Å². The third-order valence-corrected chi connectivity index (χ3v) is 5.50. The van der Waals surface area contributed by atoms with Crippen molar-refractivity contribution in [2.24, 2.45) is 5.73 Å². The fourth-order valence-electron chi connectivity index (χ4n) is 2.50. The van der Waals surface area contributed by atoms with Crippen molar-refractivity contribution >= 4 is 19.5 Å². The van der Waals surface area contributed by atoms with E-state index in [0.717, 1.165) is 11.1 Å². The van der Waals surface area contributed by atoms with Gasteiger partial charge in [0.25, 0.3) is 0 Å². The van der Waals surface area contributed by atoms with E-state index in [1.54, 1.807) is 0 Å². The number of unbranched alkanes of at least 4 members (excludes halogenated alkanes) is 1. The molecule has 0 aliphatic carbocycles. The van der Waals surface area contributed by atoms with E-state index in [4.69, 9.17) is 15.4 Å².